The van der Waals surface area contributed by atoms with Crippen LogP contribution in [0.5, 0.6) is 11.6 Å². The lowest BCUT2D eigenvalue weighted by Gasteiger charge is -2.21. The second kappa shape index (κ2) is 9.23. The van der Waals surface area contributed by atoms with E-state index in [-0.39, 0.29) is 0 Å². The molecule has 0 radical (unpaired) electrons. The van der Waals surface area contributed by atoms with Crippen LogP contribution < -0.4 is 14.8 Å². The van der Waals surface area contributed by atoms with Gasteiger partial charge in [0.1, 0.15) is 12.4 Å². The average molecular weight is 338 g/mol. The lowest BCUT2D eigenvalue weighted by molar-refractivity contribution is 0.303. The molecular weight excluding hydrogens is 312 g/mol. The molecule has 0 spiro atoms. The molecule has 0 atom stereocenters. The SMILES string of the molecule is COc1cccc2c1CCC/C2=C\CCNCCOc1ccccn1. The van der Waals surface area contributed by atoms with Crippen LogP contribution in [0.3, 0.4) is 0 Å². The lowest BCUT2D eigenvalue weighted by Crippen LogP contribution is -2.22. The van der Waals surface area contributed by atoms with Gasteiger partial charge in [-0.05, 0) is 55.5 Å². The molecule has 0 saturated carbocycles. The second-order valence-corrected chi connectivity index (χ2v) is 6.12. The van der Waals surface area contributed by atoms with E-state index in [2.05, 4.69) is 34.6 Å². The number of benzene rings is 1. The van der Waals surface area contributed by atoms with E-state index in [9.17, 15) is 0 Å². The highest BCUT2D eigenvalue weighted by molar-refractivity contribution is 5.72. The van der Waals surface area contributed by atoms with Crippen LogP contribution in [0.1, 0.15) is 30.4 Å². The maximum absolute atomic E-state index is 5.57. The Morgan fingerprint density at radius 2 is 2.08 bits per heavy atom. The van der Waals surface area contributed by atoms with Crippen molar-refractivity contribution in [3.63, 3.8) is 0 Å². The highest BCUT2D eigenvalue weighted by Gasteiger charge is 2.16. The number of nitrogens with one attached hydrogen (secondary N) is 1. The fourth-order valence-corrected chi connectivity index (χ4v) is 3.25. The monoisotopic (exact) mass is 338 g/mol. The van der Waals surface area contributed by atoms with Crippen molar-refractivity contribution in [1.82, 2.24) is 10.3 Å². The molecule has 0 fully saturated rings. The van der Waals surface area contributed by atoms with Gasteiger partial charge in [0.15, 0.2) is 0 Å². The van der Waals surface area contributed by atoms with Gasteiger partial charge in [-0.15, -0.1) is 0 Å². The van der Waals surface area contributed by atoms with Gasteiger partial charge in [-0.25, -0.2) is 4.98 Å². The fraction of sp³-hybridized carbons (Fsp3) is 0.381. The zero-order valence-electron chi connectivity index (χ0n) is 14.8. The Labute approximate surface area is 149 Å². The van der Waals surface area contributed by atoms with E-state index in [0.717, 1.165) is 38.1 Å². The molecule has 1 aliphatic rings. The first-order chi connectivity index (χ1) is 12.4. The molecule has 1 N–H and O–H groups in total. The molecule has 0 bridgehead atoms. The summed E-state index contributed by atoms with van der Waals surface area (Å²) in [5.74, 6) is 1.70. The number of pyridine rings is 1. The number of allylic oxidation sites excluding steroid dienone is 1. The van der Waals surface area contributed by atoms with E-state index < -0.39 is 0 Å². The van der Waals surface area contributed by atoms with Crippen LogP contribution in [-0.4, -0.2) is 31.8 Å². The van der Waals surface area contributed by atoms with Gasteiger partial charge in [0.2, 0.25) is 5.88 Å². The summed E-state index contributed by atoms with van der Waals surface area (Å²) in [6.07, 6.45) is 8.60. The van der Waals surface area contributed by atoms with E-state index in [4.69, 9.17) is 9.47 Å². The summed E-state index contributed by atoms with van der Waals surface area (Å²) >= 11 is 0. The normalized spacial score (nSPS) is 15.0. The largest absolute Gasteiger partial charge is 0.496 e. The third kappa shape index (κ3) is 4.83. The smallest absolute Gasteiger partial charge is 0.213 e. The molecule has 0 aliphatic heterocycles. The number of methoxy groups -OCH3 is 1. The predicted octanol–water partition coefficient (Wildman–Crippen LogP) is 3.87. The van der Waals surface area contributed by atoms with E-state index in [1.165, 1.54) is 23.1 Å². The Hall–Kier alpha value is -2.33. The molecule has 0 amide bonds. The Morgan fingerprint density at radius 3 is 2.92 bits per heavy atom. The molecule has 25 heavy (non-hydrogen) atoms. The Morgan fingerprint density at radius 1 is 1.12 bits per heavy atom. The van der Waals surface area contributed by atoms with Gasteiger partial charge < -0.3 is 14.8 Å². The molecule has 3 rings (SSSR count). The number of fused-ring (bicyclic) bond motifs is 1. The summed E-state index contributed by atoms with van der Waals surface area (Å²) in [5.41, 5.74) is 4.18. The van der Waals surface area contributed by atoms with Crippen molar-refractivity contribution in [3.05, 3.63) is 59.8 Å². The van der Waals surface area contributed by atoms with Crippen LogP contribution in [0, 0.1) is 0 Å². The van der Waals surface area contributed by atoms with Crippen LogP contribution in [0.4, 0.5) is 0 Å². The topological polar surface area (TPSA) is 43.4 Å². The van der Waals surface area contributed by atoms with Crippen molar-refractivity contribution >= 4 is 5.57 Å². The molecule has 4 nitrogen and oxygen atoms in total. The first kappa shape index (κ1) is 17.5. The summed E-state index contributed by atoms with van der Waals surface area (Å²) < 4.78 is 11.1. The molecule has 1 aliphatic carbocycles. The minimum Gasteiger partial charge on any atom is -0.496 e. The third-order valence-corrected chi connectivity index (χ3v) is 4.45. The van der Waals surface area contributed by atoms with Crippen molar-refractivity contribution in [3.8, 4) is 11.6 Å². The van der Waals surface area contributed by atoms with Crippen molar-refractivity contribution in [2.24, 2.45) is 0 Å². The third-order valence-electron chi connectivity index (χ3n) is 4.45. The second-order valence-electron chi connectivity index (χ2n) is 6.12. The Bertz CT molecular complexity index is 698. The van der Waals surface area contributed by atoms with Gasteiger partial charge in [0.25, 0.3) is 0 Å². The summed E-state index contributed by atoms with van der Waals surface area (Å²) in [5, 5.41) is 3.42. The minimum atomic E-state index is 0.633. The quantitative estimate of drug-likeness (QED) is 0.742. The van der Waals surface area contributed by atoms with Crippen LogP contribution in [0.2, 0.25) is 0 Å². The van der Waals surface area contributed by atoms with E-state index >= 15 is 0 Å². The standard InChI is InChI=1S/C21H26N2O2/c1-24-20-11-5-9-18-17(7-4-10-19(18)20)8-6-13-22-15-16-25-21-12-2-3-14-23-21/h2-3,5,8-9,11-12,14,22H,4,6-7,10,13,15-16H2,1H3/b17-8+. The van der Waals surface area contributed by atoms with Gasteiger partial charge in [-0.1, -0.05) is 24.3 Å². The van der Waals surface area contributed by atoms with E-state index in [1.807, 2.05) is 18.2 Å². The molecular formula is C21H26N2O2. The molecule has 1 aromatic heterocycles. The zero-order chi connectivity index (χ0) is 17.3. The number of hydrogen-bond donors (Lipinski definition) is 1. The fourth-order valence-electron chi connectivity index (χ4n) is 3.25. The highest BCUT2D eigenvalue weighted by atomic mass is 16.5. The maximum atomic E-state index is 5.57. The highest BCUT2D eigenvalue weighted by Crippen LogP contribution is 2.35. The summed E-state index contributed by atoms with van der Waals surface area (Å²) in [6, 6.07) is 12.1. The first-order valence-electron chi connectivity index (χ1n) is 8.98. The Balaban J connectivity index is 1.43. The molecule has 4 heteroatoms. The first-order valence-corrected chi connectivity index (χ1v) is 8.98. The predicted molar refractivity (Wildman–Crippen MR) is 101 cm³/mol. The van der Waals surface area contributed by atoms with E-state index in [0.29, 0.717) is 12.5 Å². The van der Waals surface area contributed by atoms with Gasteiger partial charge in [-0.3, -0.25) is 0 Å². The average Bonchev–Trinajstić information content (AvgIpc) is 2.67. The summed E-state index contributed by atoms with van der Waals surface area (Å²) in [7, 11) is 1.75. The lowest BCUT2D eigenvalue weighted by atomic mass is 9.86. The van der Waals surface area contributed by atoms with Gasteiger partial charge in [0, 0.05) is 24.4 Å². The number of ether oxygens (including phenoxy) is 2. The number of aromatic nitrogens is 1. The maximum Gasteiger partial charge on any atom is 0.213 e. The molecule has 0 unspecified atom stereocenters. The van der Waals surface area contributed by atoms with Crippen LogP contribution >= 0.6 is 0 Å². The number of rotatable bonds is 8. The van der Waals surface area contributed by atoms with Crippen LogP contribution in [0.15, 0.2) is 48.7 Å². The van der Waals surface area contributed by atoms with Crippen LogP contribution in [-0.2, 0) is 6.42 Å². The number of hydrogen-bond acceptors (Lipinski definition) is 4. The van der Waals surface area contributed by atoms with E-state index in [1.54, 1.807) is 13.3 Å². The molecule has 2 aromatic rings. The minimum absolute atomic E-state index is 0.633. The Kier molecular flexibility index (Phi) is 6.46. The number of nitrogens with zero attached hydrogens (tertiary/aromatic N) is 1. The molecule has 1 heterocycles. The molecule has 0 saturated heterocycles. The summed E-state index contributed by atoms with van der Waals surface area (Å²) in [4.78, 5) is 4.14. The zero-order valence-corrected chi connectivity index (χ0v) is 14.8. The van der Waals surface area contributed by atoms with Gasteiger partial charge >= 0.3 is 0 Å². The summed E-state index contributed by atoms with van der Waals surface area (Å²) in [6.45, 7) is 2.41. The van der Waals surface area contributed by atoms with Crippen molar-refractivity contribution in [1.29, 1.82) is 0 Å². The van der Waals surface area contributed by atoms with Crippen molar-refractivity contribution in [2.45, 2.75) is 25.7 Å². The molecule has 132 valence electrons. The van der Waals surface area contributed by atoms with Gasteiger partial charge in [0.05, 0.1) is 7.11 Å². The van der Waals surface area contributed by atoms with Crippen LogP contribution in [0.25, 0.3) is 5.57 Å². The van der Waals surface area contributed by atoms with Gasteiger partial charge in [-0.2, -0.15) is 0 Å². The molecule has 1 aromatic carbocycles. The van der Waals surface area contributed by atoms with Crippen molar-refractivity contribution < 1.29 is 9.47 Å². The van der Waals surface area contributed by atoms with Crippen molar-refractivity contribution in [2.75, 3.05) is 26.8 Å².